The van der Waals surface area contributed by atoms with Crippen molar-refractivity contribution in [2.45, 2.75) is 52.7 Å². The van der Waals surface area contributed by atoms with Crippen molar-refractivity contribution in [1.82, 2.24) is 0 Å². The molecule has 0 amide bonds. The third-order valence-electron chi connectivity index (χ3n) is 6.08. The Hall–Kier alpha value is -2.54. The highest BCUT2D eigenvalue weighted by Gasteiger charge is 2.31. The summed E-state index contributed by atoms with van der Waals surface area (Å²) in [7, 11) is 0. The minimum atomic E-state index is -0.240. The van der Waals surface area contributed by atoms with E-state index < -0.39 is 0 Å². The lowest BCUT2D eigenvalue weighted by atomic mass is 10.0. The highest BCUT2D eigenvalue weighted by atomic mass is 35.5. The van der Waals surface area contributed by atoms with E-state index in [-0.39, 0.29) is 24.1 Å². The number of carbonyl (C=O) groups excluding carboxylic acids is 1. The van der Waals surface area contributed by atoms with Gasteiger partial charge in [0.15, 0.2) is 12.6 Å². The number of hydrogen-bond acceptors (Lipinski definition) is 5. The predicted molar refractivity (Wildman–Crippen MR) is 125 cm³/mol. The number of ether oxygens (including phenoxy) is 3. The molecule has 0 aromatic heterocycles. The van der Waals surface area contributed by atoms with E-state index in [1.165, 1.54) is 11.0 Å². The normalized spacial score (nSPS) is 16.0. The van der Waals surface area contributed by atoms with E-state index in [4.69, 9.17) is 25.8 Å². The molecule has 2 aromatic carbocycles. The average Bonchev–Trinajstić information content (AvgIpc) is 3.12. The molecule has 2 aromatic rings. The molecule has 6 nitrogen and oxygen atoms in total. The van der Waals surface area contributed by atoms with Gasteiger partial charge in [-0.3, -0.25) is 4.79 Å². The molecular weight excluding hydrogens is 442 g/mol. The van der Waals surface area contributed by atoms with Gasteiger partial charge in [-0.25, -0.2) is 0 Å². The number of halogens is 1. The zero-order valence-corrected chi connectivity index (χ0v) is 19.9. The van der Waals surface area contributed by atoms with E-state index in [0.717, 1.165) is 44.3 Å². The number of benzene rings is 2. The fourth-order valence-corrected chi connectivity index (χ4v) is 4.57. The van der Waals surface area contributed by atoms with Crippen LogP contribution < -0.4 is 19.5 Å². The van der Waals surface area contributed by atoms with Gasteiger partial charge in [0.2, 0.25) is 5.78 Å². The van der Waals surface area contributed by atoms with Gasteiger partial charge in [0.1, 0.15) is 18.0 Å². The van der Waals surface area contributed by atoms with Gasteiger partial charge >= 0.3 is 0 Å². The van der Waals surface area contributed by atoms with Crippen molar-refractivity contribution in [2.24, 2.45) is 0 Å². The van der Waals surface area contributed by atoms with Gasteiger partial charge in [-0.15, -0.1) is 0 Å². The molecule has 2 heterocycles. The van der Waals surface area contributed by atoms with Crippen LogP contribution in [0.4, 0.5) is 0 Å². The molecule has 33 heavy (non-hydrogen) atoms. The molecule has 0 atom stereocenters. The van der Waals surface area contributed by atoms with Crippen molar-refractivity contribution < 1.29 is 29.0 Å². The Kier molecular flexibility index (Phi) is 7.58. The first-order valence-corrected chi connectivity index (χ1v) is 12.0. The fraction of sp³-hybridized carbons (Fsp3) is 0.423. The van der Waals surface area contributed by atoms with Gasteiger partial charge in [-0.2, -0.15) is 0 Å². The maximum absolute atomic E-state index is 13.1. The molecule has 0 saturated heterocycles. The molecule has 0 bridgehead atoms. The van der Waals surface area contributed by atoms with E-state index in [9.17, 15) is 9.90 Å². The quantitative estimate of drug-likeness (QED) is 0.562. The number of allylic oxidation sites excluding steroid dienone is 1. The van der Waals surface area contributed by atoms with Gasteiger partial charge in [0.25, 0.3) is 0 Å². The van der Waals surface area contributed by atoms with Crippen molar-refractivity contribution in [3.8, 4) is 17.2 Å². The summed E-state index contributed by atoms with van der Waals surface area (Å²) in [5.41, 5.74) is 2.47. The van der Waals surface area contributed by atoms with Crippen LogP contribution in [0.3, 0.4) is 0 Å². The fourth-order valence-electron chi connectivity index (χ4n) is 4.32. The second-order valence-corrected chi connectivity index (χ2v) is 9.02. The molecule has 0 unspecified atom stereocenters. The van der Waals surface area contributed by atoms with Crippen LogP contribution >= 0.6 is 11.6 Å². The molecule has 2 aliphatic heterocycles. The van der Waals surface area contributed by atoms with Gasteiger partial charge in [0.05, 0.1) is 25.3 Å². The molecule has 176 valence electrons. The molecule has 0 fully saturated rings. The minimum Gasteiger partial charge on any atom is -0.872 e. The molecule has 2 aliphatic rings. The lowest BCUT2D eigenvalue weighted by Gasteiger charge is -2.23. The highest BCUT2D eigenvalue weighted by molar-refractivity contribution is 6.31. The van der Waals surface area contributed by atoms with Crippen molar-refractivity contribution in [3.63, 3.8) is 0 Å². The van der Waals surface area contributed by atoms with Gasteiger partial charge < -0.3 is 24.2 Å². The molecule has 0 radical (unpaired) electrons. The minimum absolute atomic E-state index is 0.0890. The lowest BCUT2D eigenvalue weighted by Crippen LogP contribution is -3.10. The number of carbonyl (C=O) groups is 1. The summed E-state index contributed by atoms with van der Waals surface area (Å²) in [5.74, 6) is 0.860. The van der Waals surface area contributed by atoms with Crippen LogP contribution in [-0.2, 0) is 17.9 Å². The van der Waals surface area contributed by atoms with Crippen LogP contribution in [0.2, 0.25) is 5.02 Å². The summed E-state index contributed by atoms with van der Waals surface area (Å²) in [5, 5.41) is 13.3. The number of quaternary nitrogens is 1. The van der Waals surface area contributed by atoms with Crippen LogP contribution in [0, 0.1) is 0 Å². The standard InChI is InChI=1S/C26H30ClNO5/c1-3-5-9-28(10-6-4-2)14-21-22(29)8-7-20-24(30)23(33-26(20)21)13-17-11-19(27)12-18-15-31-16-32-25(17)18/h7-8,11-13,29H,3-6,9-10,14-16H2,1-2H3. The Bertz CT molecular complexity index is 1060. The van der Waals surface area contributed by atoms with Gasteiger partial charge in [-0.05, 0) is 37.1 Å². The zero-order chi connectivity index (χ0) is 23.4. The lowest BCUT2D eigenvalue weighted by molar-refractivity contribution is -0.914. The van der Waals surface area contributed by atoms with E-state index >= 15 is 0 Å². The van der Waals surface area contributed by atoms with Crippen LogP contribution in [0.1, 0.15) is 66.6 Å². The van der Waals surface area contributed by atoms with Crippen molar-refractivity contribution in [2.75, 3.05) is 19.9 Å². The van der Waals surface area contributed by atoms with Gasteiger partial charge in [-0.1, -0.05) is 50.1 Å². The largest absolute Gasteiger partial charge is 0.872 e. The number of Topliss-reactive ketones (excluding diaryl/α,β-unsaturated/α-hetero) is 1. The van der Waals surface area contributed by atoms with Crippen LogP contribution in [0.25, 0.3) is 6.08 Å². The third kappa shape index (κ3) is 5.18. The first-order valence-electron chi connectivity index (χ1n) is 11.7. The third-order valence-corrected chi connectivity index (χ3v) is 6.30. The smallest absolute Gasteiger partial charge is 0.231 e. The van der Waals surface area contributed by atoms with Crippen LogP contribution in [-0.4, -0.2) is 25.7 Å². The Morgan fingerprint density at radius 1 is 1.12 bits per heavy atom. The maximum Gasteiger partial charge on any atom is 0.231 e. The highest BCUT2D eigenvalue weighted by Crippen LogP contribution is 2.40. The first-order chi connectivity index (χ1) is 16.0. The SMILES string of the molecule is CCCC[NH+](CCCC)Cc1c([O-])ccc2c1OC(=Cc1cc(Cl)cc3c1OCOC3)C2=O. The number of hydrogen-bond donors (Lipinski definition) is 1. The van der Waals surface area contributed by atoms with Crippen molar-refractivity contribution >= 4 is 23.5 Å². The van der Waals surface area contributed by atoms with E-state index in [1.807, 2.05) is 0 Å². The molecule has 7 heteroatoms. The number of unbranched alkanes of at least 4 members (excludes halogenated alkanes) is 2. The Balaban J connectivity index is 1.65. The second-order valence-electron chi connectivity index (χ2n) is 8.59. The summed E-state index contributed by atoms with van der Waals surface area (Å²) in [6, 6.07) is 6.58. The Morgan fingerprint density at radius 2 is 1.88 bits per heavy atom. The van der Waals surface area contributed by atoms with Crippen LogP contribution in [0.15, 0.2) is 30.0 Å². The molecule has 4 rings (SSSR count). The second kappa shape index (κ2) is 10.6. The van der Waals surface area contributed by atoms with Crippen molar-refractivity contribution in [3.05, 3.63) is 57.3 Å². The monoisotopic (exact) mass is 471 g/mol. The van der Waals surface area contributed by atoms with Gasteiger partial charge in [0, 0.05) is 21.7 Å². The molecule has 0 spiro atoms. The first kappa shape index (κ1) is 23.6. The number of ketones is 1. The Labute approximate surface area is 199 Å². The van der Waals surface area contributed by atoms with Crippen LogP contribution in [0.5, 0.6) is 17.2 Å². The molecule has 0 saturated carbocycles. The predicted octanol–water partition coefficient (Wildman–Crippen LogP) is 3.88. The van der Waals surface area contributed by atoms with E-state index in [1.54, 1.807) is 24.3 Å². The summed E-state index contributed by atoms with van der Waals surface area (Å²) in [6.07, 6.45) is 6.04. The Morgan fingerprint density at radius 3 is 2.61 bits per heavy atom. The maximum atomic E-state index is 13.1. The molecule has 0 aliphatic carbocycles. The van der Waals surface area contributed by atoms with Crippen molar-refractivity contribution in [1.29, 1.82) is 0 Å². The zero-order valence-electron chi connectivity index (χ0n) is 19.2. The van der Waals surface area contributed by atoms with E-state index in [2.05, 4.69) is 13.8 Å². The summed E-state index contributed by atoms with van der Waals surface area (Å²) >= 11 is 6.27. The summed E-state index contributed by atoms with van der Waals surface area (Å²) < 4.78 is 17.0. The summed E-state index contributed by atoms with van der Waals surface area (Å²) in [4.78, 5) is 14.5. The summed E-state index contributed by atoms with van der Waals surface area (Å²) in [6.45, 7) is 7.39. The molecular formula is C26H30ClNO5. The van der Waals surface area contributed by atoms with E-state index in [0.29, 0.717) is 46.4 Å². The number of rotatable bonds is 9. The topological polar surface area (TPSA) is 72.3 Å². The molecule has 1 N–H and O–H groups in total. The number of nitrogens with one attached hydrogen (secondary N) is 1. The average molecular weight is 472 g/mol. The number of fused-ring (bicyclic) bond motifs is 2.